The maximum Gasteiger partial charge on any atom is 0.250 e. The molecule has 1 aliphatic heterocycles. The second-order valence-corrected chi connectivity index (χ2v) is 12.9. The Bertz CT molecular complexity index is 1370. The number of nitrogens with zero attached hydrogens (tertiary/aromatic N) is 1. The average Bonchev–Trinajstić information content (AvgIpc) is 3.56. The van der Waals surface area contributed by atoms with Crippen LogP contribution in [0.3, 0.4) is 0 Å². The number of rotatable bonds is 9. The number of carbonyl (C=O) groups is 1. The molecule has 37 heavy (non-hydrogen) atoms. The Morgan fingerprint density at radius 2 is 1.84 bits per heavy atom. The fourth-order valence-electron chi connectivity index (χ4n) is 5.88. The van der Waals surface area contributed by atoms with Crippen molar-refractivity contribution in [1.29, 1.82) is 0 Å². The zero-order valence-electron chi connectivity index (χ0n) is 21.0. The van der Waals surface area contributed by atoms with Gasteiger partial charge in [0.25, 0.3) is 5.91 Å². The zero-order valence-corrected chi connectivity index (χ0v) is 22.6. The van der Waals surface area contributed by atoms with Gasteiger partial charge in [-0.1, -0.05) is 36.6 Å². The van der Waals surface area contributed by atoms with Crippen LogP contribution in [0.25, 0.3) is 22.0 Å². The van der Waals surface area contributed by atoms with Gasteiger partial charge < -0.3 is 16.0 Å². The van der Waals surface area contributed by atoms with Crippen LogP contribution in [0.5, 0.6) is 0 Å². The van der Waals surface area contributed by atoms with E-state index in [4.69, 9.17) is 17.3 Å². The van der Waals surface area contributed by atoms with Gasteiger partial charge in [-0.2, -0.15) is 0 Å². The summed E-state index contributed by atoms with van der Waals surface area (Å²) in [5.41, 5.74) is 9.77. The number of fused-ring (bicyclic) bond motifs is 1. The zero-order chi connectivity index (χ0) is 26.0. The van der Waals surface area contributed by atoms with Crippen LogP contribution < -0.4 is 11.1 Å². The van der Waals surface area contributed by atoms with Crippen molar-refractivity contribution in [2.24, 2.45) is 5.73 Å². The number of aromatic nitrogens is 1. The lowest BCUT2D eigenvalue weighted by molar-refractivity contribution is 0.100. The number of hydrogen-bond acceptors (Lipinski definition) is 4. The van der Waals surface area contributed by atoms with E-state index >= 15 is 0 Å². The molecular formula is C28H35ClN4O3S. The topological polar surface area (TPSA) is 108 Å². The third-order valence-electron chi connectivity index (χ3n) is 7.90. The first-order valence-electron chi connectivity index (χ1n) is 13.2. The van der Waals surface area contributed by atoms with Gasteiger partial charge in [0.1, 0.15) is 0 Å². The van der Waals surface area contributed by atoms with Gasteiger partial charge in [-0.15, -0.1) is 0 Å². The van der Waals surface area contributed by atoms with E-state index in [0.29, 0.717) is 36.1 Å². The van der Waals surface area contributed by atoms with Gasteiger partial charge in [0.15, 0.2) is 0 Å². The lowest BCUT2D eigenvalue weighted by Crippen LogP contribution is -2.40. The van der Waals surface area contributed by atoms with Crippen molar-refractivity contribution in [2.45, 2.75) is 56.9 Å². The number of carbonyl (C=O) groups excluding carboxylic acids is 1. The summed E-state index contributed by atoms with van der Waals surface area (Å²) in [5.74, 6) is -0.111. The molecule has 5 rings (SSSR count). The highest BCUT2D eigenvalue weighted by Crippen LogP contribution is 2.37. The van der Waals surface area contributed by atoms with Crippen LogP contribution in [0.4, 0.5) is 0 Å². The Morgan fingerprint density at radius 3 is 2.54 bits per heavy atom. The number of piperidine rings is 1. The number of aromatic amines is 1. The van der Waals surface area contributed by atoms with Gasteiger partial charge in [0.05, 0.1) is 16.8 Å². The van der Waals surface area contributed by atoms with Gasteiger partial charge >= 0.3 is 0 Å². The van der Waals surface area contributed by atoms with Gasteiger partial charge in [0.2, 0.25) is 10.0 Å². The molecule has 2 aromatic carbocycles. The maximum atomic E-state index is 13.0. The van der Waals surface area contributed by atoms with Crippen molar-refractivity contribution in [2.75, 3.05) is 25.4 Å². The summed E-state index contributed by atoms with van der Waals surface area (Å²) in [4.78, 5) is 15.5. The molecular weight excluding hydrogens is 508 g/mol. The Hall–Kier alpha value is -2.39. The van der Waals surface area contributed by atoms with E-state index in [-0.39, 0.29) is 11.7 Å². The summed E-state index contributed by atoms with van der Waals surface area (Å²) in [6, 6.07) is 11.9. The predicted octanol–water partition coefficient (Wildman–Crippen LogP) is 5.02. The van der Waals surface area contributed by atoms with Crippen molar-refractivity contribution in [3.05, 3.63) is 58.7 Å². The number of amides is 1. The molecule has 0 radical (unpaired) electrons. The highest BCUT2D eigenvalue weighted by molar-refractivity contribution is 7.89. The molecule has 1 aliphatic carbocycles. The van der Waals surface area contributed by atoms with Gasteiger partial charge in [-0.25, -0.2) is 12.7 Å². The molecule has 2 heterocycles. The first kappa shape index (κ1) is 26.2. The summed E-state index contributed by atoms with van der Waals surface area (Å²) >= 11 is 6.21. The minimum absolute atomic E-state index is 0.190. The number of nitrogens with two attached hydrogens (primary N) is 1. The summed E-state index contributed by atoms with van der Waals surface area (Å²) < 4.78 is 27.6. The molecule has 0 unspecified atom stereocenters. The normalized spacial score (nSPS) is 18.1. The van der Waals surface area contributed by atoms with Gasteiger partial charge in [0, 0.05) is 35.7 Å². The largest absolute Gasteiger partial charge is 0.366 e. The van der Waals surface area contributed by atoms with Crippen LogP contribution in [-0.2, 0) is 10.0 Å². The number of nitrogens with one attached hydrogen (secondary N) is 2. The lowest BCUT2D eigenvalue weighted by atomic mass is 9.88. The van der Waals surface area contributed by atoms with Crippen molar-refractivity contribution < 1.29 is 13.2 Å². The molecule has 1 aromatic heterocycles. The van der Waals surface area contributed by atoms with Crippen LogP contribution in [-0.4, -0.2) is 55.0 Å². The summed E-state index contributed by atoms with van der Waals surface area (Å²) in [6.07, 6.45) is 9.01. The molecule has 0 bridgehead atoms. The monoisotopic (exact) mass is 542 g/mol. The van der Waals surface area contributed by atoms with Crippen LogP contribution >= 0.6 is 11.6 Å². The molecule has 2 fully saturated rings. The van der Waals surface area contributed by atoms with Crippen LogP contribution in [0.1, 0.15) is 66.8 Å². The number of sulfonamides is 1. The molecule has 1 saturated heterocycles. The van der Waals surface area contributed by atoms with Crippen LogP contribution in [0.15, 0.2) is 42.6 Å². The minimum Gasteiger partial charge on any atom is -0.366 e. The molecule has 1 saturated carbocycles. The summed E-state index contributed by atoms with van der Waals surface area (Å²) in [6.45, 7) is 1.77. The van der Waals surface area contributed by atoms with Gasteiger partial charge in [-0.3, -0.25) is 4.79 Å². The summed E-state index contributed by atoms with van der Waals surface area (Å²) in [5, 5.41) is 5.08. The maximum absolute atomic E-state index is 13.0. The fourth-order valence-corrected chi connectivity index (χ4v) is 7.61. The van der Waals surface area contributed by atoms with Crippen molar-refractivity contribution in [3.8, 4) is 11.1 Å². The number of benzene rings is 2. The lowest BCUT2D eigenvalue weighted by Gasteiger charge is -2.31. The fraction of sp³-hybridized carbons (Fsp3) is 0.464. The quantitative estimate of drug-likeness (QED) is 0.330. The minimum atomic E-state index is -3.27. The van der Waals surface area contributed by atoms with E-state index in [0.717, 1.165) is 47.0 Å². The molecule has 1 amide bonds. The van der Waals surface area contributed by atoms with Crippen LogP contribution in [0, 0.1) is 0 Å². The Morgan fingerprint density at radius 1 is 1.08 bits per heavy atom. The Kier molecular flexibility index (Phi) is 7.91. The van der Waals surface area contributed by atoms with Crippen molar-refractivity contribution in [3.63, 3.8) is 0 Å². The number of hydrogen-bond donors (Lipinski definition) is 3. The predicted molar refractivity (Wildman–Crippen MR) is 149 cm³/mol. The SMILES string of the molecule is NC(=O)c1cc(-c2cccc(Cl)c2)cc2c(C3CCN(S(=O)(=O)CCCNC4CCCC4)CC3)c[nH]c12. The smallest absolute Gasteiger partial charge is 0.250 e. The third kappa shape index (κ3) is 5.87. The Balaban J connectivity index is 1.29. The highest BCUT2D eigenvalue weighted by atomic mass is 35.5. The molecule has 0 atom stereocenters. The molecule has 7 nitrogen and oxygen atoms in total. The van der Waals surface area contributed by atoms with E-state index in [2.05, 4.69) is 16.4 Å². The molecule has 4 N–H and O–H groups in total. The second-order valence-electron chi connectivity index (χ2n) is 10.3. The van der Waals surface area contributed by atoms with Crippen molar-refractivity contribution >= 4 is 38.4 Å². The second kappa shape index (κ2) is 11.2. The van der Waals surface area contributed by atoms with E-state index < -0.39 is 15.9 Å². The van der Waals surface area contributed by atoms with Crippen molar-refractivity contribution in [1.82, 2.24) is 14.6 Å². The van der Waals surface area contributed by atoms with Crippen LogP contribution in [0.2, 0.25) is 5.02 Å². The standard InChI is InChI=1S/C28H35ClN4O3S/c29-22-6-3-5-20(15-22)21-16-24-26(18-32-27(24)25(17-21)28(30)34)19-9-12-33(13-10-19)37(35,36)14-4-11-31-23-7-1-2-8-23/h3,5-6,15-19,23,31-32H,1-2,4,7-14H2,(H2,30,34). The number of halogens is 1. The van der Waals surface area contributed by atoms with E-state index in [1.54, 1.807) is 10.4 Å². The molecule has 0 spiro atoms. The van der Waals surface area contributed by atoms with E-state index in [1.807, 2.05) is 30.5 Å². The number of primary amides is 1. The third-order valence-corrected chi connectivity index (χ3v) is 10.1. The first-order chi connectivity index (χ1) is 17.8. The van der Waals surface area contributed by atoms with E-state index in [9.17, 15) is 13.2 Å². The number of H-pyrrole nitrogens is 1. The Labute approximate surface area is 223 Å². The summed E-state index contributed by atoms with van der Waals surface area (Å²) in [7, 11) is -3.27. The average molecular weight is 543 g/mol. The highest BCUT2D eigenvalue weighted by Gasteiger charge is 2.30. The van der Waals surface area contributed by atoms with Gasteiger partial charge in [-0.05, 0) is 85.5 Å². The molecule has 2 aliphatic rings. The molecule has 9 heteroatoms. The molecule has 198 valence electrons. The first-order valence-corrected chi connectivity index (χ1v) is 15.2. The van der Waals surface area contributed by atoms with E-state index in [1.165, 1.54) is 25.7 Å². The molecule has 3 aromatic rings.